The molecule has 1 amide bonds. The Kier molecular flexibility index (Phi) is 3.98. The van der Waals surface area contributed by atoms with Crippen molar-refractivity contribution in [2.45, 2.75) is 12.8 Å². The van der Waals surface area contributed by atoms with E-state index in [0.29, 0.717) is 19.5 Å². The predicted molar refractivity (Wildman–Crippen MR) is 68.5 cm³/mol. The first-order chi connectivity index (χ1) is 8.44. The Morgan fingerprint density at radius 2 is 2.33 bits per heavy atom. The van der Waals surface area contributed by atoms with Gasteiger partial charge in [0.05, 0.1) is 10.8 Å². The van der Waals surface area contributed by atoms with Gasteiger partial charge in [0.25, 0.3) is 0 Å². The maximum absolute atomic E-state index is 11.7. The number of likely N-dealkylation sites (tertiary alicyclic amines) is 1. The fourth-order valence-electron chi connectivity index (χ4n) is 2.12. The second-order valence-electron chi connectivity index (χ2n) is 4.42. The van der Waals surface area contributed by atoms with Gasteiger partial charge < -0.3 is 4.90 Å². The fourth-order valence-corrected chi connectivity index (χ4v) is 3.61. The molecule has 0 bridgehead atoms. The van der Waals surface area contributed by atoms with Gasteiger partial charge in [-0.2, -0.15) is 0 Å². The maximum atomic E-state index is 11.7. The van der Waals surface area contributed by atoms with Gasteiger partial charge in [-0.25, -0.2) is 18.5 Å². The van der Waals surface area contributed by atoms with Crippen LogP contribution < -0.4 is 5.14 Å². The van der Waals surface area contributed by atoms with Crippen molar-refractivity contribution in [2.24, 2.45) is 11.1 Å². The SMILES string of the molecule is NS(=O)(=O)CC1CC(=O)N(CCc2nccs2)C1. The Bertz CT molecular complexity index is 512. The van der Waals surface area contributed by atoms with Gasteiger partial charge in [0.15, 0.2) is 0 Å². The molecular formula is C10H15N3O3S2. The number of primary sulfonamides is 1. The lowest BCUT2D eigenvalue weighted by molar-refractivity contribution is -0.127. The summed E-state index contributed by atoms with van der Waals surface area (Å²) in [7, 11) is -3.50. The third-order valence-corrected chi connectivity index (χ3v) is 4.62. The zero-order chi connectivity index (χ0) is 13.2. The van der Waals surface area contributed by atoms with Gasteiger partial charge in [-0.3, -0.25) is 4.79 Å². The lowest BCUT2D eigenvalue weighted by Crippen LogP contribution is -2.29. The van der Waals surface area contributed by atoms with Gasteiger partial charge >= 0.3 is 0 Å². The van der Waals surface area contributed by atoms with Crippen molar-refractivity contribution in [1.82, 2.24) is 9.88 Å². The maximum Gasteiger partial charge on any atom is 0.222 e. The molecule has 18 heavy (non-hydrogen) atoms. The first-order valence-corrected chi connectivity index (χ1v) is 8.20. The third kappa shape index (κ3) is 3.76. The minimum atomic E-state index is -3.50. The summed E-state index contributed by atoms with van der Waals surface area (Å²) in [6.07, 6.45) is 2.72. The molecule has 1 aliphatic rings. The number of amides is 1. The Morgan fingerprint density at radius 1 is 1.56 bits per heavy atom. The standard InChI is InChI=1S/C10H15N3O3S2/c11-18(15,16)7-8-5-10(14)13(6-8)3-1-9-12-2-4-17-9/h2,4,8H,1,3,5-7H2,(H2,11,15,16). The van der Waals surface area contributed by atoms with E-state index in [1.807, 2.05) is 5.38 Å². The summed E-state index contributed by atoms with van der Waals surface area (Å²) in [6.45, 7) is 1.06. The number of sulfonamides is 1. The monoisotopic (exact) mass is 289 g/mol. The van der Waals surface area contributed by atoms with Crippen LogP contribution in [0.1, 0.15) is 11.4 Å². The van der Waals surface area contributed by atoms with Gasteiger partial charge in [-0.15, -0.1) is 11.3 Å². The zero-order valence-electron chi connectivity index (χ0n) is 9.78. The van der Waals surface area contributed by atoms with E-state index in [9.17, 15) is 13.2 Å². The molecule has 2 N–H and O–H groups in total. The number of rotatable bonds is 5. The van der Waals surface area contributed by atoms with Crippen molar-refractivity contribution in [3.8, 4) is 0 Å². The minimum Gasteiger partial charge on any atom is -0.342 e. The molecule has 0 spiro atoms. The lowest BCUT2D eigenvalue weighted by atomic mass is 10.1. The first kappa shape index (κ1) is 13.4. The number of hydrogen-bond donors (Lipinski definition) is 1. The van der Waals surface area contributed by atoms with Crippen LogP contribution in [-0.4, -0.2) is 43.1 Å². The summed E-state index contributed by atoms with van der Waals surface area (Å²) < 4.78 is 22.0. The van der Waals surface area contributed by atoms with E-state index in [4.69, 9.17) is 5.14 Å². The summed E-state index contributed by atoms with van der Waals surface area (Å²) in [5.74, 6) is -0.295. The lowest BCUT2D eigenvalue weighted by Gasteiger charge is -2.15. The molecule has 1 saturated heterocycles. The molecule has 0 radical (unpaired) electrons. The Balaban J connectivity index is 1.86. The predicted octanol–water partition coefficient (Wildman–Crippen LogP) is -0.177. The van der Waals surface area contributed by atoms with Crippen LogP contribution in [0.25, 0.3) is 0 Å². The highest BCUT2D eigenvalue weighted by molar-refractivity contribution is 7.89. The molecular weight excluding hydrogens is 274 g/mol. The zero-order valence-corrected chi connectivity index (χ0v) is 11.4. The number of carbonyl (C=O) groups excluding carboxylic acids is 1. The van der Waals surface area contributed by atoms with Gasteiger partial charge in [0, 0.05) is 43.4 Å². The summed E-state index contributed by atoms with van der Waals surface area (Å²) in [5.41, 5.74) is 0. The van der Waals surface area contributed by atoms with Gasteiger partial charge in [0.2, 0.25) is 15.9 Å². The van der Waals surface area contributed by atoms with Crippen LogP contribution in [0.4, 0.5) is 0 Å². The molecule has 1 aromatic heterocycles. The van der Waals surface area contributed by atoms with E-state index in [2.05, 4.69) is 4.98 Å². The van der Waals surface area contributed by atoms with Crippen molar-refractivity contribution in [3.05, 3.63) is 16.6 Å². The first-order valence-electron chi connectivity index (χ1n) is 5.60. The number of hydrogen-bond acceptors (Lipinski definition) is 5. The molecule has 1 aromatic rings. The number of nitrogens with two attached hydrogens (primary N) is 1. The summed E-state index contributed by atoms with van der Waals surface area (Å²) in [6, 6.07) is 0. The Labute approximate surface area is 110 Å². The molecule has 0 aromatic carbocycles. The van der Waals surface area contributed by atoms with Crippen LogP contribution in [0.2, 0.25) is 0 Å². The summed E-state index contributed by atoms with van der Waals surface area (Å²) in [4.78, 5) is 17.5. The Morgan fingerprint density at radius 3 is 2.94 bits per heavy atom. The van der Waals surface area contributed by atoms with Crippen LogP contribution in [0.5, 0.6) is 0 Å². The number of thiazole rings is 1. The minimum absolute atomic E-state index is 0.000191. The molecule has 1 atom stereocenters. The molecule has 1 aliphatic heterocycles. The van der Waals surface area contributed by atoms with Crippen molar-refractivity contribution in [3.63, 3.8) is 0 Å². The highest BCUT2D eigenvalue weighted by atomic mass is 32.2. The van der Waals surface area contributed by atoms with E-state index < -0.39 is 10.0 Å². The van der Waals surface area contributed by atoms with Crippen molar-refractivity contribution in [2.75, 3.05) is 18.8 Å². The molecule has 0 saturated carbocycles. The average molecular weight is 289 g/mol. The summed E-state index contributed by atoms with van der Waals surface area (Å²) in [5, 5.41) is 7.87. The number of aromatic nitrogens is 1. The van der Waals surface area contributed by atoms with E-state index in [1.54, 1.807) is 22.4 Å². The molecule has 6 nitrogen and oxygen atoms in total. The normalized spacial score (nSPS) is 20.6. The summed E-state index contributed by atoms with van der Waals surface area (Å²) >= 11 is 1.55. The topological polar surface area (TPSA) is 93.4 Å². The van der Waals surface area contributed by atoms with Crippen LogP contribution in [0.15, 0.2) is 11.6 Å². The third-order valence-electron chi connectivity index (χ3n) is 2.84. The van der Waals surface area contributed by atoms with Gasteiger partial charge in [-0.1, -0.05) is 0 Å². The molecule has 1 unspecified atom stereocenters. The average Bonchev–Trinajstić information content (AvgIpc) is 2.83. The van der Waals surface area contributed by atoms with Crippen LogP contribution in [-0.2, 0) is 21.2 Å². The second-order valence-corrected chi connectivity index (χ2v) is 7.05. The van der Waals surface area contributed by atoms with Gasteiger partial charge in [0.1, 0.15) is 0 Å². The quantitative estimate of drug-likeness (QED) is 0.814. The van der Waals surface area contributed by atoms with E-state index in [1.165, 1.54) is 0 Å². The molecule has 0 aliphatic carbocycles. The second kappa shape index (κ2) is 5.33. The van der Waals surface area contributed by atoms with Gasteiger partial charge in [-0.05, 0) is 0 Å². The molecule has 8 heteroatoms. The number of carbonyl (C=O) groups is 1. The van der Waals surface area contributed by atoms with E-state index in [-0.39, 0.29) is 24.0 Å². The van der Waals surface area contributed by atoms with Crippen LogP contribution in [0, 0.1) is 5.92 Å². The molecule has 100 valence electrons. The van der Waals surface area contributed by atoms with E-state index >= 15 is 0 Å². The highest BCUT2D eigenvalue weighted by Crippen LogP contribution is 2.19. The van der Waals surface area contributed by atoms with Crippen molar-refractivity contribution < 1.29 is 13.2 Å². The van der Waals surface area contributed by atoms with Crippen LogP contribution >= 0.6 is 11.3 Å². The molecule has 2 heterocycles. The smallest absolute Gasteiger partial charge is 0.222 e. The van der Waals surface area contributed by atoms with Crippen molar-refractivity contribution in [1.29, 1.82) is 0 Å². The fraction of sp³-hybridized carbons (Fsp3) is 0.600. The van der Waals surface area contributed by atoms with Crippen molar-refractivity contribution >= 4 is 27.3 Å². The number of nitrogens with zero attached hydrogens (tertiary/aromatic N) is 2. The Hall–Kier alpha value is -0.990. The van der Waals surface area contributed by atoms with E-state index in [0.717, 1.165) is 5.01 Å². The molecule has 2 rings (SSSR count). The molecule has 1 fully saturated rings. The highest BCUT2D eigenvalue weighted by Gasteiger charge is 2.31. The largest absolute Gasteiger partial charge is 0.342 e. The van der Waals surface area contributed by atoms with Crippen LogP contribution in [0.3, 0.4) is 0 Å².